The smallest absolute Gasteiger partial charge is 0.409 e. The molecule has 0 aliphatic carbocycles. The first-order valence-corrected chi connectivity index (χ1v) is 14.6. The summed E-state index contributed by atoms with van der Waals surface area (Å²) in [6.45, 7) is 6.11. The Labute approximate surface area is 252 Å². The first-order chi connectivity index (χ1) is 20.2. The van der Waals surface area contributed by atoms with Gasteiger partial charge in [-0.1, -0.05) is 35.1 Å². The van der Waals surface area contributed by atoms with Crippen molar-refractivity contribution in [1.29, 1.82) is 0 Å². The van der Waals surface area contributed by atoms with Gasteiger partial charge >= 0.3 is 6.09 Å². The molecule has 0 atom stereocenters. The molecule has 1 saturated heterocycles. The molecule has 1 fully saturated rings. The van der Waals surface area contributed by atoms with Crippen LogP contribution < -0.4 is 15.5 Å². The largest absolute Gasteiger partial charge is 0.449 e. The van der Waals surface area contributed by atoms with Crippen molar-refractivity contribution < 1.29 is 14.3 Å². The number of thiazole rings is 1. The number of amides is 2. The number of halogens is 1. The van der Waals surface area contributed by atoms with Crippen LogP contribution in [0.5, 0.6) is 0 Å². The van der Waals surface area contributed by atoms with Crippen molar-refractivity contribution in [2.75, 3.05) is 48.3 Å². The van der Waals surface area contributed by atoms with Crippen LogP contribution in [0.4, 0.5) is 27.2 Å². The highest BCUT2D eigenvalue weighted by molar-refractivity contribution is 7.17. The summed E-state index contributed by atoms with van der Waals surface area (Å²) in [5, 5.41) is 15.2. The van der Waals surface area contributed by atoms with E-state index in [4.69, 9.17) is 22.8 Å². The van der Waals surface area contributed by atoms with Gasteiger partial charge in [-0.2, -0.15) is 10.2 Å². The Morgan fingerprint density at radius 2 is 1.95 bits per heavy atom. The van der Waals surface area contributed by atoms with Crippen molar-refractivity contribution in [2.45, 2.75) is 38.8 Å². The number of nitrogens with zero attached hydrogens (tertiary/aromatic N) is 7. The molecule has 14 heteroatoms. The molecule has 218 valence electrons. The van der Waals surface area contributed by atoms with Gasteiger partial charge in [0.25, 0.3) is 5.91 Å². The number of nitrogens with one attached hydrogen (secondary N) is 2. The lowest BCUT2D eigenvalue weighted by Crippen LogP contribution is -2.49. The molecule has 2 N–H and O–H groups in total. The number of hydrogen-bond donors (Lipinski definition) is 2. The van der Waals surface area contributed by atoms with Gasteiger partial charge < -0.3 is 25.2 Å². The lowest BCUT2D eigenvalue weighted by atomic mass is 10.1. The molecule has 3 aromatic rings. The predicted octanol–water partition coefficient (Wildman–Crippen LogP) is 5.42. The van der Waals surface area contributed by atoms with Crippen molar-refractivity contribution in [1.82, 2.24) is 19.9 Å². The van der Waals surface area contributed by atoms with E-state index in [9.17, 15) is 9.59 Å². The van der Waals surface area contributed by atoms with Crippen LogP contribution in [0.1, 0.15) is 40.3 Å². The summed E-state index contributed by atoms with van der Waals surface area (Å²) in [4.78, 5) is 43.0. The fraction of sp³-hybridized carbons (Fsp3) is 0.393. The first kappa shape index (κ1) is 29.2. The van der Waals surface area contributed by atoms with E-state index in [1.54, 1.807) is 11.0 Å². The fourth-order valence-electron chi connectivity index (χ4n) is 4.47. The number of terminal acetylenes is 1. The summed E-state index contributed by atoms with van der Waals surface area (Å²) in [5.74, 6) is 4.16. The average Bonchev–Trinajstić information content (AvgIpc) is 3.59. The molecule has 42 heavy (non-hydrogen) atoms. The van der Waals surface area contributed by atoms with Crippen molar-refractivity contribution in [3.05, 3.63) is 51.7 Å². The van der Waals surface area contributed by atoms with Gasteiger partial charge in [0, 0.05) is 51.5 Å². The predicted molar refractivity (Wildman–Crippen MR) is 162 cm³/mol. The van der Waals surface area contributed by atoms with Crippen LogP contribution in [0.15, 0.2) is 40.7 Å². The van der Waals surface area contributed by atoms with Gasteiger partial charge in [0.2, 0.25) is 0 Å². The molecule has 0 bridgehead atoms. The Morgan fingerprint density at radius 1 is 1.17 bits per heavy atom. The highest BCUT2D eigenvalue weighted by Crippen LogP contribution is 2.36. The van der Waals surface area contributed by atoms with E-state index in [-0.39, 0.29) is 18.6 Å². The third-order valence-corrected chi connectivity index (χ3v) is 8.12. The van der Waals surface area contributed by atoms with Crippen molar-refractivity contribution in [2.24, 2.45) is 10.2 Å². The molecular formula is C28H30ClN9O3S. The second-order valence-corrected chi connectivity index (χ2v) is 11.4. The number of para-hydroxylation sites is 1. The average molecular weight is 608 g/mol. The Kier molecular flexibility index (Phi) is 8.84. The summed E-state index contributed by atoms with van der Waals surface area (Å²) in [6.07, 6.45) is 8.29. The zero-order chi connectivity index (χ0) is 29.7. The number of aryl methyl sites for hydroxylation is 2. The van der Waals surface area contributed by atoms with E-state index in [1.165, 1.54) is 17.5 Å². The number of carbonyl (C=O) groups is 2. The second-order valence-electron chi connectivity index (χ2n) is 9.92. The van der Waals surface area contributed by atoms with E-state index in [1.807, 2.05) is 32.0 Å². The minimum absolute atomic E-state index is 0.247. The van der Waals surface area contributed by atoms with Gasteiger partial charge in [-0.05, 0) is 25.5 Å². The number of anilines is 4. The highest BCUT2D eigenvalue weighted by Gasteiger charge is 2.39. The van der Waals surface area contributed by atoms with Crippen LogP contribution in [0.2, 0.25) is 5.02 Å². The van der Waals surface area contributed by atoms with Gasteiger partial charge in [-0.25, -0.2) is 19.7 Å². The van der Waals surface area contributed by atoms with Crippen LogP contribution in [0.3, 0.4) is 0 Å². The molecule has 0 radical (unpaired) electrons. The molecule has 4 heterocycles. The van der Waals surface area contributed by atoms with Gasteiger partial charge in [-0.3, -0.25) is 4.79 Å². The Balaban J connectivity index is 1.13. The third-order valence-electron chi connectivity index (χ3n) is 6.89. The Morgan fingerprint density at radius 3 is 2.67 bits per heavy atom. The minimum atomic E-state index is -0.468. The zero-order valence-electron chi connectivity index (χ0n) is 23.3. The molecule has 5 rings (SSSR count). The fourth-order valence-corrected chi connectivity index (χ4v) is 5.46. The number of rotatable bonds is 10. The van der Waals surface area contributed by atoms with E-state index in [2.05, 4.69) is 46.6 Å². The number of piperazine rings is 1. The topological polar surface area (TPSA) is 137 Å². The number of aromatic nitrogens is 3. The first-order valence-electron chi connectivity index (χ1n) is 13.4. The summed E-state index contributed by atoms with van der Waals surface area (Å²) < 4.78 is 5.47. The van der Waals surface area contributed by atoms with Crippen LogP contribution in [0, 0.1) is 26.2 Å². The minimum Gasteiger partial charge on any atom is -0.449 e. The van der Waals surface area contributed by atoms with Crippen molar-refractivity contribution >= 4 is 57.4 Å². The Hall–Kier alpha value is -4.28. The van der Waals surface area contributed by atoms with E-state index < -0.39 is 5.66 Å². The second kappa shape index (κ2) is 12.7. The summed E-state index contributed by atoms with van der Waals surface area (Å²) in [6, 6.07) is 7.26. The van der Waals surface area contributed by atoms with Crippen molar-refractivity contribution in [3.63, 3.8) is 0 Å². The molecule has 2 aliphatic heterocycles. The molecule has 12 nitrogen and oxygen atoms in total. The molecule has 0 spiro atoms. The van der Waals surface area contributed by atoms with Gasteiger partial charge in [0.05, 0.1) is 23.5 Å². The summed E-state index contributed by atoms with van der Waals surface area (Å²) in [5.41, 5.74) is 0.974. The molecule has 2 amide bonds. The van der Waals surface area contributed by atoms with Crippen LogP contribution in [0.25, 0.3) is 0 Å². The SMILES string of the molecule is C#CCCC1(CCOC(=O)N2CCN(c3cc(Nc4ncc(C(=O)Nc5c(C)cccc5Cl)s4)nc(C)n3)CC2)N=N1. The number of carbonyl (C=O) groups excluding carboxylic acids is 2. The van der Waals surface area contributed by atoms with E-state index in [0.717, 1.165) is 11.4 Å². The lowest BCUT2D eigenvalue weighted by Gasteiger charge is -2.35. The maximum Gasteiger partial charge on any atom is 0.409 e. The van der Waals surface area contributed by atoms with Crippen molar-refractivity contribution in [3.8, 4) is 12.3 Å². The van der Waals surface area contributed by atoms with Crippen LogP contribution >= 0.6 is 22.9 Å². The standard InChI is InChI=1S/C28H30ClN9O3S/c1-4-5-9-28(35-36-28)10-15-41-27(40)38-13-11-37(12-14-38)23-16-22(31-19(3)32-23)33-26-30-17-21(42-26)25(39)34-24-18(2)7-6-8-20(24)29/h1,6-8,16-17H,5,9-15H2,2-3H3,(H,34,39)(H,30,31,32,33). The van der Waals surface area contributed by atoms with E-state index >= 15 is 0 Å². The summed E-state index contributed by atoms with van der Waals surface area (Å²) >= 11 is 7.45. The van der Waals surface area contributed by atoms with Gasteiger partial charge in [0.15, 0.2) is 10.8 Å². The molecule has 1 aromatic carbocycles. The quantitative estimate of drug-likeness (QED) is 0.291. The molecule has 2 aromatic heterocycles. The van der Waals surface area contributed by atoms with Gasteiger partial charge in [0.1, 0.15) is 22.3 Å². The number of ether oxygens (including phenoxy) is 1. The zero-order valence-corrected chi connectivity index (χ0v) is 24.8. The highest BCUT2D eigenvalue weighted by atomic mass is 35.5. The van der Waals surface area contributed by atoms with Crippen LogP contribution in [-0.2, 0) is 4.74 Å². The molecule has 2 aliphatic rings. The molecule has 0 unspecified atom stereocenters. The van der Waals surface area contributed by atoms with Gasteiger partial charge in [-0.15, -0.1) is 12.3 Å². The third kappa shape index (κ3) is 7.13. The number of benzene rings is 1. The van der Waals surface area contributed by atoms with Crippen LogP contribution in [-0.4, -0.2) is 70.3 Å². The molecule has 0 saturated carbocycles. The lowest BCUT2D eigenvalue weighted by molar-refractivity contribution is 0.0956. The number of hydrogen-bond acceptors (Lipinski definition) is 11. The normalized spacial score (nSPS) is 15.2. The monoisotopic (exact) mass is 607 g/mol. The summed E-state index contributed by atoms with van der Waals surface area (Å²) in [7, 11) is 0. The van der Waals surface area contributed by atoms with E-state index in [0.29, 0.717) is 77.8 Å². The molecular weight excluding hydrogens is 578 g/mol. The Bertz CT molecular complexity index is 1520. The maximum atomic E-state index is 12.8. The maximum absolute atomic E-state index is 12.8.